The third kappa shape index (κ3) is 5.23. The first kappa shape index (κ1) is 20.2. The molecule has 0 spiro atoms. The molecule has 2 aromatic rings. The van der Waals surface area contributed by atoms with E-state index in [1.165, 1.54) is 28.4 Å². The number of halogens is 1. The van der Waals surface area contributed by atoms with E-state index >= 15 is 0 Å². The minimum absolute atomic E-state index is 0.00766. The van der Waals surface area contributed by atoms with Crippen LogP contribution in [0.5, 0.6) is 0 Å². The first-order valence-corrected chi connectivity index (χ1v) is 9.87. The molecule has 1 aromatic heterocycles. The second-order valence-corrected chi connectivity index (χ2v) is 7.80. The van der Waals surface area contributed by atoms with Gasteiger partial charge in [-0.1, -0.05) is 12.2 Å². The van der Waals surface area contributed by atoms with Gasteiger partial charge < -0.3 is 15.4 Å². The van der Waals surface area contributed by atoms with E-state index in [0.717, 1.165) is 5.01 Å². The van der Waals surface area contributed by atoms with Crippen molar-refractivity contribution >= 4 is 51.8 Å². The number of rotatable bonds is 8. The monoisotopic (exact) mass is 422 g/mol. The number of ketones is 1. The largest absolute Gasteiger partial charge is 0.442 e. The summed E-state index contributed by atoms with van der Waals surface area (Å²) in [6.45, 7) is 2.44. The Labute approximate surface area is 170 Å². The van der Waals surface area contributed by atoms with Crippen molar-refractivity contribution in [2.75, 3.05) is 29.9 Å². The Balaban J connectivity index is 1.57. The Bertz CT molecular complexity index is 876. The van der Waals surface area contributed by atoms with Gasteiger partial charge in [0.05, 0.1) is 47.4 Å². The van der Waals surface area contributed by atoms with Gasteiger partial charge in [0.15, 0.2) is 5.78 Å². The van der Waals surface area contributed by atoms with E-state index in [1.54, 1.807) is 24.6 Å². The Morgan fingerprint density at radius 3 is 3.00 bits per heavy atom. The number of nitrogens with zero attached hydrogens (tertiary/aromatic N) is 2. The first-order valence-electron chi connectivity index (χ1n) is 8.58. The van der Waals surface area contributed by atoms with Gasteiger partial charge in [0.1, 0.15) is 11.9 Å². The topological polar surface area (TPSA) is 83.6 Å². The molecule has 1 aliphatic heterocycles. The molecule has 1 atom stereocenters. The fourth-order valence-electron chi connectivity index (χ4n) is 2.68. The summed E-state index contributed by atoms with van der Waals surface area (Å²) in [6, 6.07) is 4.36. The van der Waals surface area contributed by atoms with Crippen molar-refractivity contribution in [2.45, 2.75) is 19.4 Å². The van der Waals surface area contributed by atoms with Crippen LogP contribution in [0.4, 0.5) is 20.6 Å². The summed E-state index contributed by atoms with van der Waals surface area (Å²) >= 11 is 6.34. The molecular formula is C18H19FN4O3S2. The maximum atomic E-state index is 14.4. The molecular weight excluding hydrogens is 403 g/mol. The van der Waals surface area contributed by atoms with Crippen molar-refractivity contribution < 1.29 is 18.7 Å². The number of anilines is 2. The van der Waals surface area contributed by atoms with Crippen LogP contribution in [0.1, 0.15) is 11.9 Å². The van der Waals surface area contributed by atoms with Crippen LogP contribution in [0.25, 0.3) is 0 Å². The van der Waals surface area contributed by atoms with Crippen molar-refractivity contribution in [2.24, 2.45) is 0 Å². The number of benzene rings is 1. The molecule has 10 heteroatoms. The van der Waals surface area contributed by atoms with Crippen molar-refractivity contribution in [3.8, 4) is 0 Å². The van der Waals surface area contributed by atoms with E-state index in [0.29, 0.717) is 23.8 Å². The predicted octanol–water partition coefficient (Wildman–Crippen LogP) is 2.77. The van der Waals surface area contributed by atoms with Crippen LogP contribution in [0.2, 0.25) is 0 Å². The standard InChI is InChI=1S/C18H19FN4O3S2/c1-11(27)21-9-14-10-23(18(25)26-14)12-2-3-16(15(19)6-12)22-8-13(24)7-17-20-4-5-28-17/h2-6,14,22H,7-10H2,1H3,(H,21,27). The lowest BCUT2D eigenvalue weighted by Gasteiger charge is -2.15. The zero-order chi connectivity index (χ0) is 20.1. The van der Waals surface area contributed by atoms with Gasteiger partial charge in [0.2, 0.25) is 0 Å². The minimum atomic E-state index is -0.552. The maximum absolute atomic E-state index is 14.4. The molecule has 7 nitrogen and oxygen atoms in total. The van der Waals surface area contributed by atoms with E-state index in [2.05, 4.69) is 15.6 Å². The molecule has 2 heterocycles. The van der Waals surface area contributed by atoms with Gasteiger partial charge in [-0.2, -0.15) is 0 Å². The predicted molar refractivity (Wildman–Crippen MR) is 110 cm³/mol. The molecule has 1 aliphatic rings. The third-order valence-electron chi connectivity index (χ3n) is 4.02. The van der Waals surface area contributed by atoms with E-state index < -0.39 is 11.9 Å². The van der Waals surface area contributed by atoms with Crippen LogP contribution in [-0.2, 0) is 16.0 Å². The van der Waals surface area contributed by atoms with Crippen LogP contribution in [0, 0.1) is 5.82 Å². The van der Waals surface area contributed by atoms with Crippen LogP contribution in [0.15, 0.2) is 29.8 Å². The Hall–Kier alpha value is -2.59. The lowest BCUT2D eigenvalue weighted by Crippen LogP contribution is -2.32. The highest BCUT2D eigenvalue weighted by Gasteiger charge is 2.32. The van der Waals surface area contributed by atoms with Gasteiger partial charge in [0, 0.05) is 11.6 Å². The lowest BCUT2D eigenvalue weighted by molar-refractivity contribution is -0.116. The number of hydrogen-bond acceptors (Lipinski definition) is 7. The summed E-state index contributed by atoms with van der Waals surface area (Å²) in [6.07, 6.45) is 0.947. The van der Waals surface area contributed by atoms with Crippen molar-refractivity contribution in [3.05, 3.63) is 40.6 Å². The number of hydrogen-bond donors (Lipinski definition) is 2. The number of cyclic esters (lactones) is 1. The van der Waals surface area contributed by atoms with E-state index in [4.69, 9.17) is 17.0 Å². The Morgan fingerprint density at radius 2 is 2.32 bits per heavy atom. The molecule has 1 fully saturated rings. The first-order chi connectivity index (χ1) is 13.4. The van der Waals surface area contributed by atoms with Crippen LogP contribution in [-0.4, -0.2) is 47.6 Å². The smallest absolute Gasteiger partial charge is 0.414 e. The summed E-state index contributed by atoms with van der Waals surface area (Å²) in [7, 11) is 0. The van der Waals surface area contributed by atoms with E-state index in [9.17, 15) is 14.0 Å². The average molecular weight is 423 g/mol. The van der Waals surface area contributed by atoms with Gasteiger partial charge in [-0.3, -0.25) is 9.69 Å². The van der Waals surface area contributed by atoms with Crippen LogP contribution >= 0.6 is 23.6 Å². The van der Waals surface area contributed by atoms with Crippen molar-refractivity contribution in [3.63, 3.8) is 0 Å². The Kier molecular flexibility index (Phi) is 6.53. The molecule has 0 bridgehead atoms. The van der Waals surface area contributed by atoms with E-state index in [1.807, 2.05) is 0 Å². The number of thiocarbonyl (C=S) groups is 1. The number of Topliss-reactive ketones (excluding diaryl/α,β-unsaturated/α-hetero) is 1. The van der Waals surface area contributed by atoms with Gasteiger partial charge in [-0.05, 0) is 25.1 Å². The normalized spacial score (nSPS) is 16.0. The summed E-state index contributed by atoms with van der Waals surface area (Å²) in [4.78, 5) is 30.0. The van der Waals surface area contributed by atoms with Gasteiger partial charge in [-0.15, -0.1) is 11.3 Å². The van der Waals surface area contributed by atoms with Crippen molar-refractivity contribution in [1.29, 1.82) is 0 Å². The SMILES string of the molecule is CC(=S)NCC1CN(c2ccc(NCC(=O)Cc3nccs3)c(F)c2)C(=O)O1. The summed E-state index contributed by atoms with van der Waals surface area (Å²) in [5.74, 6) is -0.644. The number of carbonyl (C=O) groups excluding carboxylic acids is 2. The molecule has 1 aromatic carbocycles. The average Bonchev–Trinajstić information content (AvgIpc) is 3.28. The fourth-order valence-corrected chi connectivity index (χ4v) is 3.40. The quantitative estimate of drug-likeness (QED) is 0.633. The highest BCUT2D eigenvalue weighted by molar-refractivity contribution is 7.80. The molecule has 3 rings (SSSR count). The number of ether oxygens (including phenoxy) is 1. The third-order valence-corrected chi connectivity index (χ3v) is 4.95. The number of amides is 1. The molecule has 0 saturated carbocycles. The summed E-state index contributed by atoms with van der Waals surface area (Å²) < 4.78 is 19.7. The molecule has 0 radical (unpaired) electrons. The molecule has 2 N–H and O–H groups in total. The number of carbonyl (C=O) groups is 2. The molecule has 28 heavy (non-hydrogen) atoms. The van der Waals surface area contributed by atoms with Gasteiger partial charge in [-0.25, -0.2) is 14.2 Å². The zero-order valence-electron chi connectivity index (χ0n) is 15.1. The number of nitrogens with one attached hydrogen (secondary N) is 2. The summed E-state index contributed by atoms with van der Waals surface area (Å²) in [5, 5.41) is 8.27. The van der Waals surface area contributed by atoms with Gasteiger partial charge >= 0.3 is 6.09 Å². The van der Waals surface area contributed by atoms with Gasteiger partial charge in [0.25, 0.3) is 0 Å². The zero-order valence-corrected chi connectivity index (χ0v) is 16.7. The Morgan fingerprint density at radius 1 is 1.50 bits per heavy atom. The van der Waals surface area contributed by atoms with Crippen molar-refractivity contribution in [1.82, 2.24) is 10.3 Å². The number of thiazole rings is 1. The summed E-state index contributed by atoms with van der Waals surface area (Å²) in [5.41, 5.74) is 0.585. The second-order valence-electron chi connectivity index (χ2n) is 6.21. The molecule has 0 aliphatic carbocycles. The highest BCUT2D eigenvalue weighted by Crippen LogP contribution is 2.26. The highest BCUT2D eigenvalue weighted by atomic mass is 32.1. The fraction of sp³-hybridized carbons (Fsp3) is 0.333. The van der Waals surface area contributed by atoms with Crippen LogP contribution < -0.4 is 15.5 Å². The van der Waals surface area contributed by atoms with Crippen LogP contribution in [0.3, 0.4) is 0 Å². The molecule has 1 unspecified atom stereocenters. The maximum Gasteiger partial charge on any atom is 0.414 e. The molecule has 148 valence electrons. The number of aromatic nitrogens is 1. The lowest BCUT2D eigenvalue weighted by atomic mass is 10.2. The second kappa shape index (κ2) is 9.07. The molecule has 1 amide bonds. The minimum Gasteiger partial charge on any atom is -0.442 e. The molecule has 1 saturated heterocycles. The van der Waals surface area contributed by atoms with E-state index in [-0.39, 0.29) is 30.5 Å².